The predicted octanol–water partition coefficient (Wildman–Crippen LogP) is 4.47. The van der Waals surface area contributed by atoms with Crippen molar-refractivity contribution in [3.63, 3.8) is 0 Å². The molecule has 1 aliphatic rings. The smallest absolute Gasteiger partial charge is 0.293 e. The Morgan fingerprint density at radius 2 is 2.04 bits per heavy atom. The van der Waals surface area contributed by atoms with Gasteiger partial charge in [0.15, 0.2) is 0 Å². The Morgan fingerprint density at radius 1 is 1.25 bits per heavy atom. The summed E-state index contributed by atoms with van der Waals surface area (Å²) in [5.74, 6) is 0.242. The zero-order chi connectivity index (χ0) is 19.9. The van der Waals surface area contributed by atoms with E-state index in [1.165, 1.54) is 25.3 Å². The average Bonchev–Trinajstić information content (AvgIpc) is 2.73. The topological polar surface area (TPSA) is 97.2 Å². The van der Waals surface area contributed by atoms with Crippen LogP contribution < -0.4 is 10.6 Å². The highest BCUT2D eigenvalue weighted by molar-refractivity contribution is 5.95. The van der Waals surface area contributed by atoms with E-state index < -0.39 is 4.92 Å². The average molecular weight is 382 g/mol. The molecule has 2 aromatic rings. The van der Waals surface area contributed by atoms with Crippen LogP contribution in [-0.4, -0.2) is 22.4 Å². The van der Waals surface area contributed by atoms with E-state index >= 15 is 0 Å². The number of hydrogen-bond acceptors (Lipinski definition) is 5. The number of rotatable bonds is 7. The summed E-state index contributed by atoms with van der Waals surface area (Å²) >= 11 is 0. The summed E-state index contributed by atoms with van der Waals surface area (Å²) in [4.78, 5) is 27.8. The normalized spacial score (nSPS) is 15.6. The van der Waals surface area contributed by atoms with Crippen molar-refractivity contribution < 1.29 is 9.72 Å². The minimum atomic E-state index is -0.467. The third-order valence-corrected chi connectivity index (χ3v) is 5.24. The van der Waals surface area contributed by atoms with Crippen molar-refractivity contribution in [2.75, 3.05) is 11.9 Å². The van der Waals surface area contributed by atoms with Gasteiger partial charge in [0.1, 0.15) is 5.69 Å². The molecule has 1 aromatic heterocycles. The Bertz CT molecular complexity index is 820. The molecule has 7 heteroatoms. The molecule has 148 valence electrons. The molecule has 1 aromatic carbocycles. The Labute approximate surface area is 164 Å². The van der Waals surface area contributed by atoms with Crippen molar-refractivity contribution in [1.82, 2.24) is 10.3 Å². The summed E-state index contributed by atoms with van der Waals surface area (Å²) in [5, 5.41) is 17.6. The van der Waals surface area contributed by atoms with Crippen LogP contribution in [-0.2, 0) is 0 Å². The molecule has 1 heterocycles. The van der Waals surface area contributed by atoms with Crippen molar-refractivity contribution in [1.29, 1.82) is 0 Å². The van der Waals surface area contributed by atoms with E-state index in [4.69, 9.17) is 0 Å². The van der Waals surface area contributed by atoms with Gasteiger partial charge in [-0.05, 0) is 49.9 Å². The van der Waals surface area contributed by atoms with Crippen LogP contribution in [0.4, 0.5) is 11.4 Å². The molecule has 1 atom stereocenters. The van der Waals surface area contributed by atoms with Crippen LogP contribution in [0.5, 0.6) is 0 Å². The summed E-state index contributed by atoms with van der Waals surface area (Å²) in [6.45, 7) is 2.51. The summed E-state index contributed by atoms with van der Waals surface area (Å²) in [6, 6.07) is 9.89. The first-order valence-corrected chi connectivity index (χ1v) is 9.78. The van der Waals surface area contributed by atoms with Crippen molar-refractivity contribution in [2.45, 2.75) is 45.1 Å². The fraction of sp³-hybridized carbons (Fsp3) is 0.429. The number of nitrogens with one attached hydrogen (secondary N) is 2. The van der Waals surface area contributed by atoms with Crippen LogP contribution in [0.25, 0.3) is 0 Å². The summed E-state index contributed by atoms with van der Waals surface area (Å²) < 4.78 is 0. The number of aromatic nitrogens is 1. The Morgan fingerprint density at radius 3 is 2.71 bits per heavy atom. The molecule has 0 radical (unpaired) electrons. The molecule has 1 saturated carbocycles. The van der Waals surface area contributed by atoms with Crippen molar-refractivity contribution in [3.05, 3.63) is 64.0 Å². The molecule has 1 amide bonds. The molecule has 0 aliphatic heterocycles. The third-order valence-electron chi connectivity index (χ3n) is 5.24. The Kier molecular flexibility index (Phi) is 6.57. The highest BCUT2D eigenvalue weighted by atomic mass is 16.6. The van der Waals surface area contributed by atoms with Gasteiger partial charge in [0.05, 0.1) is 16.7 Å². The molecule has 0 spiro atoms. The molecule has 1 unspecified atom stereocenters. The first-order valence-electron chi connectivity index (χ1n) is 9.78. The fourth-order valence-corrected chi connectivity index (χ4v) is 3.62. The number of anilines is 1. The number of pyridine rings is 1. The van der Waals surface area contributed by atoms with Crippen molar-refractivity contribution in [2.24, 2.45) is 5.92 Å². The maximum absolute atomic E-state index is 12.5. The molecular weight excluding hydrogens is 356 g/mol. The number of nitro groups is 1. The van der Waals surface area contributed by atoms with Gasteiger partial charge in [-0.25, -0.2) is 0 Å². The van der Waals surface area contributed by atoms with Crippen molar-refractivity contribution in [3.8, 4) is 0 Å². The molecule has 0 bridgehead atoms. The van der Waals surface area contributed by atoms with Gasteiger partial charge < -0.3 is 10.6 Å². The summed E-state index contributed by atoms with van der Waals surface area (Å²) in [6.07, 6.45) is 7.63. The van der Waals surface area contributed by atoms with Gasteiger partial charge >= 0.3 is 0 Å². The lowest BCUT2D eigenvalue weighted by Gasteiger charge is -2.21. The standard InChI is InChI=1S/C21H26N4O3/c1-15(18-9-5-6-12-22-18)24-19-11-10-17(13-20(19)25(27)28)21(26)23-14-16-7-3-2-4-8-16/h5-6,9-13,15-16,24H,2-4,7-8,14H2,1H3,(H,23,26). The lowest BCUT2D eigenvalue weighted by atomic mass is 9.89. The molecular formula is C21H26N4O3. The molecule has 1 fully saturated rings. The summed E-state index contributed by atoms with van der Waals surface area (Å²) in [5.41, 5.74) is 1.34. The van der Waals surface area contributed by atoms with E-state index in [9.17, 15) is 14.9 Å². The first kappa shape index (κ1) is 19.8. The second-order valence-corrected chi connectivity index (χ2v) is 7.32. The Balaban J connectivity index is 1.69. The van der Waals surface area contributed by atoms with Gasteiger partial charge in [-0.15, -0.1) is 0 Å². The van der Waals surface area contributed by atoms with Gasteiger partial charge in [-0.2, -0.15) is 0 Å². The third kappa shape index (κ3) is 5.06. The van der Waals surface area contributed by atoms with Gasteiger partial charge in [0, 0.05) is 24.4 Å². The predicted molar refractivity (Wildman–Crippen MR) is 108 cm³/mol. The molecule has 28 heavy (non-hydrogen) atoms. The summed E-state index contributed by atoms with van der Waals surface area (Å²) in [7, 11) is 0. The van der Waals surface area contributed by atoms with Gasteiger partial charge in [0.25, 0.3) is 11.6 Å². The van der Waals surface area contributed by atoms with Crippen LogP contribution in [0, 0.1) is 16.0 Å². The lowest BCUT2D eigenvalue weighted by molar-refractivity contribution is -0.384. The number of nitro benzene ring substituents is 1. The fourth-order valence-electron chi connectivity index (χ4n) is 3.62. The van der Waals surface area contributed by atoms with Crippen LogP contribution >= 0.6 is 0 Å². The van der Waals surface area contributed by atoms with Crippen LogP contribution in [0.2, 0.25) is 0 Å². The number of carbonyl (C=O) groups is 1. The maximum atomic E-state index is 12.5. The number of nitrogens with zero attached hydrogens (tertiary/aromatic N) is 2. The monoisotopic (exact) mass is 382 g/mol. The highest BCUT2D eigenvalue weighted by Gasteiger charge is 2.20. The number of benzene rings is 1. The largest absolute Gasteiger partial charge is 0.371 e. The van der Waals surface area contributed by atoms with E-state index in [1.807, 2.05) is 25.1 Å². The minimum Gasteiger partial charge on any atom is -0.371 e. The van der Waals surface area contributed by atoms with Crippen LogP contribution in [0.15, 0.2) is 42.6 Å². The second-order valence-electron chi connectivity index (χ2n) is 7.32. The van der Waals surface area contributed by atoms with Crippen molar-refractivity contribution >= 4 is 17.3 Å². The zero-order valence-electron chi connectivity index (χ0n) is 16.1. The lowest BCUT2D eigenvalue weighted by Crippen LogP contribution is -2.30. The van der Waals surface area contributed by atoms with Gasteiger partial charge in [-0.1, -0.05) is 25.3 Å². The zero-order valence-corrected chi connectivity index (χ0v) is 16.1. The molecule has 0 saturated heterocycles. The quantitative estimate of drug-likeness (QED) is 0.544. The van der Waals surface area contributed by atoms with Gasteiger partial charge in [0.2, 0.25) is 0 Å². The molecule has 1 aliphatic carbocycles. The minimum absolute atomic E-state index is 0.118. The molecule has 7 nitrogen and oxygen atoms in total. The second kappa shape index (κ2) is 9.30. The molecule has 2 N–H and O–H groups in total. The Hall–Kier alpha value is -2.96. The first-order chi connectivity index (χ1) is 13.5. The number of carbonyl (C=O) groups excluding carboxylic acids is 1. The van der Waals surface area contributed by atoms with E-state index in [-0.39, 0.29) is 17.6 Å². The van der Waals surface area contributed by atoms with Gasteiger partial charge in [-0.3, -0.25) is 19.9 Å². The van der Waals surface area contributed by atoms with E-state index in [0.29, 0.717) is 23.7 Å². The van der Waals surface area contributed by atoms with Crippen LogP contribution in [0.1, 0.15) is 61.1 Å². The number of amides is 1. The maximum Gasteiger partial charge on any atom is 0.293 e. The van der Waals surface area contributed by atoms with E-state index in [1.54, 1.807) is 18.3 Å². The highest BCUT2D eigenvalue weighted by Crippen LogP contribution is 2.29. The molecule has 3 rings (SSSR count). The SMILES string of the molecule is CC(Nc1ccc(C(=O)NCC2CCCCC2)cc1[N+](=O)[O-])c1ccccn1. The number of hydrogen-bond donors (Lipinski definition) is 2. The van der Waals surface area contributed by atoms with E-state index in [2.05, 4.69) is 15.6 Å². The van der Waals surface area contributed by atoms with Crippen LogP contribution in [0.3, 0.4) is 0 Å². The van der Waals surface area contributed by atoms with E-state index in [0.717, 1.165) is 18.5 Å².